The highest BCUT2D eigenvalue weighted by Gasteiger charge is 2.33. The summed E-state index contributed by atoms with van der Waals surface area (Å²) in [6, 6.07) is 8.43. The molecule has 9 heteroatoms. The lowest BCUT2D eigenvalue weighted by Gasteiger charge is -2.29. The topological polar surface area (TPSA) is 82.5 Å². The highest BCUT2D eigenvalue weighted by molar-refractivity contribution is 6.31. The van der Waals surface area contributed by atoms with Gasteiger partial charge in [-0.25, -0.2) is 0 Å². The summed E-state index contributed by atoms with van der Waals surface area (Å²) in [5, 5.41) is 7.17. The van der Waals surface area contributed by atoms with Gasteiger partial charge >= 0.3 is 6.18 Å². The molecule has 2 aromatic rings. The number of aliphatic imine (C=N–C) groups is 1. The predicted molar refractivity (Wildman–Crippen MR) is 118 cm³/mol. The minimum absolute atomic E-state index is 0.0218. The van der Waals surface area contributed by atoms with Gasteiger partial charge in [-0.2, -0.15) is 13.2 Å². The molecule has 1 aliphatic rings. The smallest absolute Gasteiger partial charge is 0.398 e. The zero-order valence-corrected chi connectivity index (χ0v) is 17.4. The largest absolute Gasteiger partial charge is 0.417 e. The highest BCUT2D eigenvalue weighted by Crippen LogP contribution is 2.36. The number of carbonyl (C=O) groups excluding carboxylic acids is 1. The number of piperidine rings is 1. The van der Waals surface area contributed by atoms with Crippen LogP contribution in [0.25, 0.3) is 0 Å². The lowest BCUT2D eigenvalue weighted by atomic mass is 9.97. The Morgan fingerprint density at radius 1 is 1.16 bits per heavy atom. The number of nitrogens with one attached hydrogen (secondary N) is 1. The summed E-state index contributed by atoms with van der Waals surface area (Å²) in [4.78, 5) is 19.1. The maximum Gasteiger partial charge on any atom is 0.417 e. The van der Waals surface area contributed by atoms with Crippen LogP contribution >= 0.6 is 11.6 Å². The number of hydrogen-bond donors (Lipinski definition) is 2. The molecule has 0 aromatic heterocycles. The van der Waals surface area contributed by atoms with Gasteiger partial charge in [0.2, 0.25) is 0 Å². The van der Waals surface area contributed by atoms with Gasteiger partial charge in [-0.1, -0.05) is 11.6 Å². The Labute approximate surface area is 183 Å². The van der Waals surface area contributed by atoms with Crippen LogP contribution in [-0.2, 0) is 6.18 Å². The highest BCUT2D eigenvalue weighted by atomic mass is 35.5. The fourth-order valence-electron chi connectivity index (χ4n) is 3.45. The lowest BCUT2D eigenvalue weighted by Crippen LogP contribution is -2.29. The zero-order chi connectivity index (χ0) is 22.6. The van der Waals surface area contributed by atoms with Gasteiger partial charge in [0.15, 0.2) is 5.78 Å². The minimum Gasteiger partial charge on any atom is -0.398 e. The first-order chi connectivity index (χ1) is 14.7. The normalized spacial score (nSPS) is 15.8. The molecule has 0 saturated carbocycles. The van der Waals surface area contributed by atoms with Crippen LogP contribution < -0.4 is 10.6 Å². The van der Waals surface area contributed by atoms with Crippen molar-refractivity contribution >= 4 is 46.9 Å². The van der Waals surface area contributed by atoms with Gasteiger partial charge in [0.1, 0.15) is 0 Å². The van der Waals surface area contributed by atoms with E-state index in [9.17, 15) is 18.0 Å². The van der Waals surface area contributed by atoms with E-state index in [0.717, 1.165) is 56.2 Å². The van der Waals surface area contributed by atoms with E-state index >= 15 is 0 Å². The summed E-state index contributed by atoms with van der Waals surface area (Å²) in [5.41, 5.74) is 6.38. The fraction of sp³-hybridized carbons (Fsp3) is 0.318. The van der Waals surface area contributed by atoms with Gasteiger partial charge < -0.3 is 16.0 Å². The van der Waals surface area contributed by atoms with E-state index in [4.69, 9.17) is 22.7 Å². The van der Waals surface area contributed by atoms with Gasteiger partial charge in [-0.3, -0.25) is 9.79 Å². The molecule has 5 nitrogen and oxygen atoms in total. The average molecular weight is 451 g/mol. The third kappa shape index (κ3) is 5.44. The van der Waals surface area contributed by atoms with Gasteiger partial charge in [0.25, 0.3) is 0 Å². The molecule has 2 aromatic carbocycles. The number of hydrogen-bond acceptors (Lipinski definition) is 5. The third-order valence-electron chi connectivity index (χ3n) is 5.15. The molecule has 31 heavy (non-hydrogen) atoms. The molecule has 1 heterocycles. The Kier molecular flexibility index (Phi) is 7.00. The minimum atomic E-state index is -4.62. The molecular formula is C22H22ClF3N4O. The molecule has 3 N–H and O–H groups in total. The second-order valence-corrected chi connectivity index (χ2v) is 7.72. The SMILES string of the molecule is N=CC(C=Nc1ccc(Cl)c(C(F)(F)F)c1)C(=O)c1cc(N2CCCCC2)ccc1N. The number of Topliss-reactive ketones (excluding diaryl/α,β-unsaturated/α-hetero) is 1. The van der Waals surface area contributed by atoms with Crippen LogP contribution in [0.4, 0.5) is 30.2 Å². The summed E-state index contributed by atoms with van der Waals surface area (Å²) in [6.07, 6.45) is 0.729. The van der Waals surface area contributed by atoms with Crippen LogP contribution in [0.2, 0.25) is 5.02 Å². The molecule has 1 unspecified atom stereocenters. The lowest BCUT2D eigenvalue weighted by molar-refractivity contribution is -0.137. The van der Waals surface area contributed by atoms with Crippen molar-refractivity contribution in [1.82, 2.24) is 0 Å². The van der Waals surface area contributed by atoms with Crippen LogP contribution in [0.1, 0.15) is 35.2 Å². The molecule has 0 aliphatic carbocycles. The number of benzene rings is 2. The molecule has 1 fully saturated rings. The molecule has 1 aliphatic heterocycles. The van der Waals surface area contributed by atoms with E-state index in [1.165, 1.54) is 12.5 Å². The van der Waals surface area contributed by atoms with Crippen LogP contribution in [0.3, 0.4) is 0 Å². The molecule has 0 radical (unpaired) electrons. The summed E-state index contributed by atoms with van der Waals surface area (Å²) >= 11 is 5.62. The number of ketones is 1. The standard InChI is InChI=1S/C22H22ClF3N4O/c23-19-6-4-15(10-18(19)22(24,25)26)29-13-14(12-27)21(31)17-11-16(5-7-20(17)28)30-8-2-1-3-9-30/h4-7,10-14,27H,1-3,8-9,28H2. The van der Waals surface area contributed by atoms with E-state index in [1.54, 1.807) is 12.1 Å². The number of alkyl halides is 3. The van der Waals surface area contributed by atoms with Gasteiger partial charge in [-0.05, 0) is 55.7 Å². The Balaban J connectivity index is 1.84. The van der Waals surface area contributed by atoms with Crippen LogP contribution in [-0.4, -0.2) is 31.3 Å². The van der Waals surface area contributed by atoms with E-state index < -0.39 is 28.5 Å². The summed E-state index contributed by atoms with van der Waals surface area (Å²) in [7, 11) is 0. The maximum atomic E-state index is 13.0. The number of nitrogens with zero attached hydrogens (tertiary/aromatic N) is 2. The monoisotopic (exact) mass is 450 g/mol. The quantitative estimate of drug-likeness (QED) is 0.332. The van der Waals surface area contributed by atoms with Crippen molar-refractivity contribution in [3.63, 3.8) is 0 Å². The number of nitrogens with two attached hydrogens (primary N) is 1. The maximum absolute atomic E-state index is 13.0. The van der Waals surface area contributed by atoms with Crippen LogP contribution in [0, 0.1) is 11.3 Å². The third-order valence-corrected chi connectivity index (χ3v) is 5.47. The molecule has 0 amide bonds. The second-order valence-electron chi connectivity index (χ2n) is 7.32. The van der Waals surface area contributed by atoms with Crippen LogP contribution in [0.15, 0.2) is 41.4 Å². The number of nitrogen functional groups attached to an aromatic ring is 1. The summed E-state index contributed by atoms with van der Waals surface area (Å²) < 4.78 is 39.1. The van der Waals surface area contributed by atoms with Crippen molar-refractivity contribution in [3.05, 3.63) is 52.5 Å². The van der Waals surface area contributed by atoms with Gasteiger partial charge in [0.05, 0.1) is 22.2 Å². The first-order valence-corrected chi connectivity index (χ1v) is 10.2. The first kappa shape index (κ1) is 22.8. The molecular weight excluding hydrogens is 429 g/mol. The number of rotatable bonds is 6. The van der Waals surface area contributed by atoms with Crippen LogP contribution in [0.5, 0.6) is 0 Å². The van der Waals surface area contributed by atoms with Crippen molar-refractivity contribution in [2.45, 2.75) is 25.4 Å². The van der Waals surface area contributed by atoms with E-state index in [1.807, 2.05) is 6.07 Å². The Hall–Kier alpha value is -2.87. The Bertz CT molecular complexity index is 1000. The van der Waals surface area contributed by atoms with E-state index in [-0.39, 0.29) is 16.9 Å². The molecule has 3 rings (SSSR count). The van der Waals surface area contributed by atoms with Crippen molar-refractivity contribution in [3.8, 4) is 0 Å². The number of carbonyl (C=O) groups is 1. The van der Waals surface area contributed by atoms with Crippen molar-refractivity contribution in [1.29, 1.82) is 5.41 Å². The Morgan fingerprint density at radius 2 is 1.87 bits per heavy atom. The van der Waals surface area contributed by atoms with Crippen molar-refractivity contribution < 1.29 is 18.0 Å². The molecule has 0 bridgehead atoms. The Morgan fingerprint density at radius 3 is 2.52 bits per heavy atom. The molecule has 164 valence electrons. The van der Waals surface area contributed by atoms with Gasteiger partial charge in [-0.15, -0.1) is 0 Å². The average Bonchev–Trinajstić information content (AvgIpc) is 2.75. The first-order valence-electron chi connectivity index (χ1n) is 9.81. The van der Waals surface area contributed by atoms with E-state index in [0.29, 0.717) is 0 Å². The molecule has 1 saturated heterocycles. The van der Waals surface area contributed by atoms with Crippen molar-refractivity contribution in [2.75, 3.05) is 23.7 Å². The van der Waals surface area contributed by atoms with Crippen molar-refractivity contribution in [2.24, 2.45) is 10.9 Å². The summed E-state index contributed by atoms with van der Waals surface area (Å²) in [6.45, 7) is 1.79. The number of anilines is 2. The van der Waals surface area contributed by atoms with E-state index in [2.05, 4.69) is 9.89 Å². The predicted octanol–water partition coefficient (Wildman–Crippen LogP) is 5.78. The molecule has 0 spiro atoms. The number of halogens is 4. The fourth-order valence-corrected chi connectivity index (χ4v) is 3.67. The summed E-state index contributed by atoms with van der Waals surface area (Å²) in [5.74, 6) is -1.51. The zero-order valence-electron chi connectivity index (χ0n) is 16.6. The second kappa shape index (κ2) is 9.51. The molecule has 1 atom stereocenters. The van der Waals surface area contributed by atoms with Gasteiger partial charge in [0, 0.05) is 42.5 Å².